The van der Waals surface area contributed by atoms with E-state index in [0.29, 0.717) is 19.8 Å². The highest BCUT2D eigenvalue weighted by Gasteiger charge is 2.13. The molecular formula is C58H119O12P. The molecule has 0 rings (SSSR count). The Balaban J connectivity index is 4.18. The van der Waals surface area contributed by atoms with Gasteiger partial charge in [0.25, 0.3) is 0 Å². The van der Waals surface area contributed by atoms with Crippen LogP contribution in [-0.2, 0) is 43.3 Å². The van der Waals surface area contributed by atoms with Crippen molar-refractivity contribution in [3.05, 3.63) is 0 Å². The van der Waals surface area contributed by atoms with E-state index < -0.39 is 0 Å². The quantitative estimate of drug-likeness (QED) is 0.0175. The van der Waals surface area contributed by atoms with Gasteiger partial charge in [-0.1, -0.05) is 257 Å². The van der Waals surface area contributed by atoms with Gasteiger partial charge in [0, 0.05) is 6.61 Å². The molecule has 12 nitrogen and oxygen atoms in total. The lowest BCUT2D eigenvalue weighted by Crippen LogP contribution is -2.27. The number of hydrogen-bond acceptors (Lipinski definition) is 12. The molecule has 0 heterocycles. The maximum Gasteiger partial charge on any atom is 0.198 e. The summed E-state index contributed by atoms with van der Waals surface area (Å²) in [6.45, 7) is 9.20. The van der Waals surface area contributed by atoms with Crippen molar-refractivity contribution in [2.24, 2.45) is 0 Å². The van der Waals surface area contributed by atoms with Crippen LogP contribution in [0.1, 0.15) is 310 Å². The van der Waals surface area contributed by atoms with Gasteiger partial charge in [0.05, 0.1) is 31.5 Å². The zero-order valence-corrected chi connectivity index (χ0v) is 47.9. The number of aliphatic hydroxyl groups is 2. The first-order valence-corrected chi connectivity index (χ1v) is 31.3. The van der Waals surface area contributed by atoms with Crippen molar-refractivity contribution < 1.29 is 58.7 Å². The lowest BCUT2D eigenvalue weighted by molar-refractivity contribution is -0.438. The molecule has 71 heavy (non-hydrogen) atoms. The number of ether oxygens (including phenoxy) is 2. The van der Waals surface area contributed by atoms with Gasteiger partial charge >= 0.3 is 0 Å². The molecule has 0 aliphatic carbocycles. The van der Waals surface area contributed by atoms with Crippen molar-refractivity contribution in [2.45, 2.75) is 334 Å². The number of rotatable bonds is 64. The fourth-order valence-corrected chi connectivity index (χ4v) is 9.59. The Morgan fingerprint density at radius 2 is 0.648 bits per heavy atom. The molecule has 0 radical (unpaired) electrons. The van der Waals surface area contributed by atoms with E-state index in [-0.39, 0.29) is 53.5 Å². The molecule has 5 unspecified atom stereocenters. The van der Waals surface area contributed by atoms with Crippen LogP contribution in [0.5, 0.6) is 0 Å². The Kier molecular flexibility index (Phi) is 62.4. The number of aliphatic hydroxyl groups excluding tert-OH is 2. The van der Waals surface area contributed by atoms with Gasteiger partial charge in [-0.25, -0.2) is 24.8 Å². The highest BCUT2D eigenvalue weighted by Crippen LogP contribution is 2.25. The highest BCUT2D eigenvalue weighted by atomic mass is 31.1. The summed E-state index contributed by atoms with van der Waals surface area (Å²) in [4.78, 5) is 22.2. The first-order chi connectivity index (χ1) is 35.1. The molecule has 0 spiro atoms. The summed E-state index contributed by atoms with van der Waals surface area (Å²) in [6, 6.07) is 0. The molecule has 0 aromatic rings. The molecule has 428 valence electrons. The molecule has 13 heteroatoms. The second-order valence-corrected chi connectivity index (χ2v) is 21.3. The fraction of sp³-hybridized carbons (Fsp3) is 1.00. The summed E-state index contributed by atoms with van der Waals surface area (Å²) in [5.41, 5.74) is 0. The smallest absolute Gasteiger partial charge is 0.198 e. The zero-order valence-electron chi connectivity index (χ0n) is 46.9. The van der Waals surface area contributed by atoms with Crippen LogP contribution in [-0.4, -0.2) is 79.7 Å². The van der Waals surface area contributed by atoms with E-state index in [9.17, 15) is 10.2 Å². The van der Waals surface area contributed by atoms with Crippen molar-refractivity contribution in [1.29, 1.82) is 0 Å². The molecule has 5 atom stereocenters. The van der Waals surface area contributed by atoms with Crippen molar-refractivity contribution in [2.75, 3.05) is 39.8 Å². The summed E-state index contributed by atoms with van der Waals surface area (Å²) in [6.07, 6.45) is 52.9. The van der Waals surface area contributed by atoms with Crippen molar-refractivity contribution in [3.8, 4) is 0 Å². The van der Waals surface area contributed by atoms with Gasteiger partial charge in [-0.3, -0.25) is 0 Å². The average molecular weight is 1040 g/mol. The maximum atomic E-state index is 10.2. The molecule has 3 N–H and O–H groups in total. The lowest BCUT2D eigenvalue weighted by atomic mass is 10.0. The van der Waals surface area contributed by atoms with Gasteiger partial charge < -0.3 is 24.2 Å². The van der Waals surface area contributed by atoms with E-state index in [0.717, 1.165) is 96.3 Å². The van der Waals surface area contributed by atoms with Crippen LogP contribution in [0.15, 0.2) is 0 Å². The molecule has 0 aliphatic rings. The third kappa shape index (κ3) is 59.1. The summed E-state index contributed by atoms with van der Waals surface area (Å²) in [7, 11) is -0.286. The van der Waals surface area contributed by atoms with E-state index in [1.807, 2.05) is 0 Å². The Labute approximate surface area is 440 Å². The van der Waals surface area contributed by atoms with Gasteiger partial charge in [0.2, 0.25) is 0 Å². The van der Waals surface area contributed by atoms with E-state index in [4.69, 9.17) is 38.8 Å². The van der Waals surface area contributed by atoms with Gasteiger partial charge in [-0.15, -0.1) is 0 Å². The van der Waals surface area contributed by atoms with E-state index in [2.05, 4.69) is 30.5 Å². The molecule has 0 aromatic carbocycles. The highest BCUT2D eigenvalue weighted by molar-refractivity contribution is 7.26. The molecule has 0 saturated carbocycles. The molecule has 0 amide bonds. The second kappa shape index (κ2) is 62.5. The van der Waals surface area contributed by atoms with Gasteiger partial charge in [0.1, 0.15) is 26.1 Å². The lowest BCUT2D eigenvalue weighted by Gasteiger charge is -2.17. The van der Waals surface area contributed by atoms with Crippen LogP contribution in [0.3, 0.4) is 0 Å². The molecule has 0 saturated heterocycles. The third-order valence-electron chi connectivity index (χ3n) is 13.9. The topological polar surface area (TPSA) is 144 Å². The minimum Gasteiger partial charge on any atom is -0.393 e. The summed E-state index contributed by atoms with van der Waals surface area (Å²) < 4.78 is 22.1. The standard InChI is InChI=1S/C58H119O12P/c1-4-7-10-27-35-44-56(60)46-37-29-22-17-20-24-31-40-49-62-54-63-58(52-66-64-50-41-32-25-18-13-15-21-28-36-45-55(59)43-34-11-8-5-2)53-67-65-51-42-33-26-19-14-16-23-30-39-48-57(68-71-70-69-61)47-38-12-9-6-3/h55-61,71H,4-54H2,1-3H3. The Hall–Kier alpha value is -0.0500. The van der Waals surface area contributed by atoms with Gasteiger partial charge in [0.15, 0.2) is 9.03 Å². The second-order valence-electron chi connectivity index (χ2n) is 20.8. The van der Waals surface area contributed by atoms with Crippen LogP contribution in [0.2, 0.25) is 0 Å². The minimum absolute atomic E-state index is 0.0977. The summed E-state index contributed by atoms with van der Waals surface area (Å²) in [5.74, 6) is 0. The van der Waals surface area contributed by atoms with Crippen LogP contribution < -0.4 is 0 Å². The Bertz CT molecular complexity index is 958. The monoisotopic (exact) mass is 1040 g/mol. The predicted octanol–water partition coefficient (Wildman–Crippen LogP) is 17.9. The number of unbranched alkanes of at least 4 members (excludes halogenated alkanes) is 33. The summed E-state index contributed by atoms with van der Waals surface area (Å²) >= 11 is 0. The van der Waals surface area contributed by atoms with Crippen molar-refractivity contribution in [1.82, 2.24) is 0 Å². The van der Waals surface area contributed by atoms with Gasteiger partial charge in [-0.05, 0) is 57.8 Å². The normalized spacial score (nSPS) is 13.8. The average Bonchev–Trinajstić information content (AvgIpc) is 3.37. The maximum absolute atomic E-state index is 10.2. The Morgan fingerprint density at radius 3 is 1.01 bits per heavy atom. The minimum atomic E-state index is -0.351. The molecular weight excluding hydrogens is 920 g/mol. The molecule has 0 bridgehead atoms. The summed E-state index contributed by atoms with van der Waals surface area (Å²) in [5, 5.41) is 32.5. The molecule has 0 aromatic heterocycles. The van der Waals surface area contributed by atoms with E-state index in [1.54, 1.807) is 0 Å². The van der Waals surface area contributed by atoms with Gasteiger partial charge in [-0.2, -0.15) is 4.67 Å². The van der Waals surface area contributed by atoms with Crippen LogP contribution in [0.25, 0.3) is 0 Å². The van der Waals surface area contributed by atoms with Crippen LogP contribution in [0, 0.1) is 0 Å². The largest absolute Gasteiger partial charge is 0.393 e. The zero-order chi connectivity index (χ0) is 51.4. The van der Waals surface area contributed by atoms with Crippen molar-refractivity contribution in [3.63, 3.8) is 0 Å². The SMILES string of the molecule is CCCCCCCC(O)CCCCCCCCCCOCOC(COOCCCCCCCCCCCC(O)CCCCCC)COOCCCCCCCCCCCC(CCCCCC)OPOOO. The first-order valence-electron chi connectivity index (χ1n) is 30.5. The first kappa shape index (κ1) is 71.0. The van der Waals surface area contributed by atoms with E-state index >= 15 is 0 Å². The van der Waals surface area contributed by atoms with Crippen LogP contribution in [0.4, 0.5) is 0 Å². The number of hydrogen-bond donors (Lipinski definition) is 3. The van der Waals surface area contributed by atoms with Crippen molar-refractivity contribution >= 4 is 9.03 Å². The van der Waals surface area contributed by atoms with E-state index in [1.165, 1.54) is 193 Å². The molecule has 0 fully saturated rings. The molecule has 0 aliphatic heterocycles. The van der Waals surface area contributed by atoms with Crippen LogP contribution >= 0.6 is 9.03 Å². The predicted molar refractivity (Wildman–Crippen MR) is 294 cm³/mol. The third-order valence-corrected chi connectivity index (χ3v) is 14.4. The Morgan fingerprint density at radius 1 is 0.338 bits per heavy atom. The fourth-order valence-electron chi connectivity index (χ4n) is 9.15.